The Hall–Kier alpha value is -0.820. The highest BCUT2D eigenvalue weighted by molar-refractivity contribution is 5.34. The van der Waals surface area contributed by atoms with Gasteiger partial charge in [0.2, 0.25) is 0 Å². The molecule has 0 amide bonds. The molecule has 0 spiro atoms. The van der Waals surface area contributed by atoms with Gasteiger partial charge in [-0.15, -0.1) is 0 Å². The smallest absolute Gasteiger partial charge is 0.0180 e. The molecule has 1 heteroatoms. The van der Waals surface area contributed by atoms with Gasteiger partial charge >= 0.3 is 0 Å². The van der Waals surface area contributed by atoms with Crippen molar-refractivity contribution in [2.45, 2.75) is 39.7 Å². The van der Waals surface area contributed by atoms with Crippen LogP contribution in [0.3, 0.4) is 0 Å². The van der Waals surface area contributed by atoms with Gasteiger partial charge in [0.1, 0.15) is 0 Å². The Kier molecular flexibility index (Phi) is 2.77. The van der Waals surface area contributed by atoms with Gasteiger partial charge in [0.25, 0.3) is 0 Å². The fourth-order valence-corrected chi connectivity index (χ4v) is 1.39. The number of hydrogen-bond donors (Lipinski definition) is 1. The molecule has 1 nitrogen and oxygen atoms in total. The molecule has 0 aliphatic rings. The first-order chi connectivity index (χ1) is 5.95. The Bertz CT molecular complexity index is 294. The highest BCUT2D eigenvalue weighted by Gasteiger charge is 2.13. The van der Waals surface area contributed by atoms with Crippen molar-refractivity contribution in [3.05, 3.63) is 34.9 Å². The summed E-state index contributed by atoms with van der Waals surface area (Å²) >= 11 is 0. The molecule has 0 saturated carbocycles. The van der Waals surface area contributed by atoms with Gasteiger partial charge in [-0.25, -0.2) is 0 Å². The maximum Gasteiger partial charge on any atom is 0.0180 e. The number of aryl methyl sites for hydroxylation is 1. The Morgan fingerprint density at radius 1 is 1.23 bits per heavy atom. The SMILES string of the molecule is Cc1cc(C(C)(C)C)ccc1CN. The van der Waals surface area contributed by atoms with Gasteiger partial charge in [-0.1, -0.05) is 39.0 Å². The Morgan fingerprint density at radius 3 is 2.23 bits per heavy atom. The molecule has 0 bridgehead atoms. The van der Waals surface area contributed by atoms with E-state index in [4.69, 9.17) is 5.73 Å². The number of rotatable bonds is 1. The second-order valence-corrected chi connectivity index (χ2v) is 4.60. The average Bonchev–Trinajstić information content (AvgIpc) is 2.02. The Balaban J connectivity index is 3.10. The first-order valence-electron chi connectivity index (χ1n) is 4.75. The van der Waals surface area contributed by atoms with Crippen LogP contribution in [0, 0.1) is 6.92 Å². The zero-order valence-corrected chi connectivity index (χ0v) is 9.02. The van der Waals surface area contributed by atoms with Crippen molar-refractivity contribution in [2.75, 3.05) is 0 Å². The van der Waals surface area contributed by atoms with Crippen molar-refractivity contribution in [1.29, 1.82) is 0 Å². The molecule has 0 atom stereocenters. The van der Waals surface area contributed by atoms with Crippen LogP contribution >= 0.6 is 0 Å². The quantitative estimate of drug-likeness (QED) is 0.701. The van der Waals surface area contributed by atoms with Crippen molar-refractivity contribution in [3.8, 4) is 0 Å². The van der Waals surface area contributed by atoms with Crippen LogP contribution in [0.1, 0.15) is 37.5 Å². The van der Waals surface area contributed by atoms with Crippen molar-refractivity contribution >= 4 is 0 Å². The standard InChI is InChI=1S/C12H19N/c1-9-7-11(12(2,3)4)6-5-10(9)8-13/h5-7H,8,13H2,1-4H3. The van der Waals surface area contributed by atoms with E-state index in [9.17, 15) is 0 Å². The molecule has 0 radical (unpaired) electrons. The third-order valence-corrected chi connectivity index (χ3v) is 2.43. The third-order valence-electron chi connectivity index (χ3n) is 2.43. The maximum absolute atomic E-state index is 5.61. The van der Waals surface area contributed by atoms with Crippen LogP contribution in [-0.2, 0) is 12.0 Å². The molecule has 13 heavy (non-hydrogen) atoms. The highest BCUT2D eigenvalue weighted by atomic mass is 14.5. The molecular weight excluding hydrogens is 158 g/mol. The lowest BCUT2D eigenvalue weighted by Crippen LogP contribution is -2.12. The van der Waals surface area contributed by atoms with Crippen LogP contribution in [0.2, 0.25) is 0 Å². The summed E-state index contributed by atoms with van der Waals surface area (Å²) in [5, 5.41) is 0. The molecule has 0 unspecified atom stereocenters. The molecule has 0 aromatic heterocycles. The summed E-state index contributed by atoms with van der Waals surface area (Å²) in [5.74, 6) is 0. The van der Waals surface area contributed by atoms with E-state index >= 15 is 0 Å². The van der Waals surface area contributed by atoms with E-state index in [1.54, 1.807) is 0 Å². The third kappa shape index (κ3) is 2.31. The van der Waals surface area contributed by atoms with Crippen LogP contribution in [-0.4, -0.2) is 0 Å². The molecule has 1 aromatic carbocycles. The molecule has 0 heterocycles. The topological polar surface area (TPSA) is 26.0 Å². The second kappa shape index (κ2) is 3.51. The van der Waals surface area contributed by atoms with E-state index < -0.39 is 0 Å². The van der Waals surface area contributed by atoms with E-state index in [0.717, 1.165) is 0 Å². The minimum Gasteiger partial charge on any atom is -0.326 e. The van der Waals surface area contributed by atoms with Crippen molar-refractivity contribution in [3.63, 3.8) is 0 Å². The summed E-state index contributed by atoms with van der Waals surface area (Å²) < 4.78 is 0. The van der Waals surface area contributed by atoms with Crippen molar-refractivity contribution in [1.82, 2.24) is 0 Å². The zero-order valence-electron chi connectivity index (χ0n) is 9.02. The van der Waals surface area contributed by atoms with Crippen molar-refractivity contribution < 1.29 is 0 Å². The van der Waals surface area contributed by atoms with Crippen molar-refractivity contribution in [2.24, 2.45) is 5.73 Å². The van der Waals surface area contributed by atoms with Crippen LogP contribution in [0.25, 0.3) is 0 Å². The summed E-state index contributed by atoms with van der Waals surface area (Å²) in [6, 6.07) is 6.55. The molecule has 0 saturated heterocycles. The lowest BCUT2D eigenvalue weighted by Gasteiger charge is -2.20. The number of nitrogens with two attached hydrogens (primary N) is 1. The molecule has 0 aliphatic heterocycles. The van der Waals surface area contributed by atoms with E-state index in [2.05, 4.69) is 45.9 Å². The minimum absolute atomic E-state index is 0.234. The largest absolute Gasteiger partial charge is 0.326 e. The number of benzene rings is 1. The molecule has 0 aliphatic carbocycles. The molecule has 1 aromatic rings. The molecule has 2 N–H and O–H groups in total. The summed E-state index contributed by atoms with van der Waals surface area (Å²) in [5.41, 5.74) is 9.77. The summed E-state index contributed by atoms with van der Waals surface area (Å²) in [4.78, 5) is 0. The van der Waals surface area contributed by atoms with Crippen LogP contribution in [0.5, 0.6) is 0 Å². The summed E-state index contributed by atoms with van der Waals surface area (Å²) in [6.07, 6.45) is 0. The predicted molar refractivity (Wildman–Crippen MR) is 57.8 cm³/mol. The van der Waals surface area contributed by atoms with Crippen LogP contribution in [0.15, 0.2) is 18.2 Å². The second-order valence-electron chi connectivity index (χ2n) is 4.60. The lowest BCUT2D eigenvalue weighted by molar-refractivity contribution is 0.589. The normalized spacial score (nSPS) is 11.8. The minimum atomic E-state index is 0.234. The fourth-order valence-electron chi connectivity index (χ4n) is 1.39. The van der Waals surface area contributed by atoms with Gasteiger partial charge in [-0.3, -0.25) is 0 Å². The Morgan fingerprint density at radius 2 is 1.85 bits per heavy atom. The lowest BCUT2D eigenvalue weighted by atomic mass is 9.85. The predicted octanol–water partition coefficient (Wildman–Crippen LogP) is 2.75. The van der Waals surface area contributed by atoms with Crippen LogP contribution in [0.4, 0.5) is 0 Å². The first-order valence-corrected chi connectivity index (χ1v) is 4.75. The van der Waals surface area contributed by atoms with Gasteiger partial charge in [0.15, 0.2) is 0 Å². The van der Waals surface area contributed by atoms with E-state index in [-0.39, 0.29) is 5.41 Å². The average molecular weight is 177 g/mol. The zero-order chi connectivity index (χ0) is 10.1. The first kappa shape index (κ1) is 10.3. The van der Waals surface area contributed by atoms with Gasteiger partial charge in [-0.2, -0.15) is 0 Å². The van der Waals surface area contributed by atoms with Crippen LogP contribution < -0.4 is 5.73 Å². The van der Waals surface area contributed by atoms with Gasteiger partial charge < -0.3 is 5.73 Å². The molecule has 72 valence electrons. The van der Waals surface area contributed by atoms with E-state index in [1.165, 1.54) is 16.7 Å². The highest BCUT2D eigenvalue weighted by Crippen LogP contribution is 2.24. The van der Waals surface area contributed by atoms with E-state index in [1.807, 2.05) is 0 Å². The maximum atomic E-state index is 5.61. The van der Waals surface area contributed by atoms with Gasteiger partial charge in [0, 0.05) is 6.54 Å². The molecular formula is C12H19N. The summed E-state index contributed by atoms with van der Waals surface area (Å²) in [7, 11) is 0. The van der Waals surface area contributed by atoms with Gasteiger partial charge in [0.05, 0.1) is 0 Å². The molecule has 1 rings (SSSR count). The Labute approximate surface area is 81.0 Å². The fraction of sp³-hybridized carbons (Fsp3) is 0.500. The molecule has 0 fully saturated rings. The van der Waals surface area contributed by atoms with E-state index in [0.29, 0.717) is 6.54 Å². The monoisotopic (exact) mass is 177 g/mol. The number of hydrogen-bond acceptors (Lipinski definition) is 1. The summed E-state index contributed by atoms with van der Waals surface area (Å²) in [6.45, 7) is 9.44. The van der Waals surface area contributed by atoms with Gasteiger partial charge in [-0.05, 0) is 29.0 Å².